The molecule has 2 aromatic carbocycles. The van der Waals surface area contributed by atoms with Gasteiger partial charge in [-0.1, -0.05) is 60.7 Å². The zero-order valence-electron chi connectivity index (χ0n) is 18.0. The highest BCUT2D eigenvalue weighted by molar-refractivity contribution is 5.70. The van der Waals surface area contributed by atoms with Crippen LogP contribution >= 0.6 is 0 Å². The molecule has 1 fully saturated rings. The zero-order valence-corrected chi connectivity index (χ0v) is 18.0. The third kappa shape index (κ3) is 5.59. The lowest BCUT2D eigenvalue weighted by Gasteiger charge is -2.25. The highest BCUT2D eigenvalue weighted by atomic mass is 16.6. The average Bonchev–Trinajstić information content (AvgIpc) is 2.84. The minimum atomic E-state index is -0.372. The standard InChI is InChI=1S/C24H28N6O2/c31-30(32)22-23(26-15-19-11-13-25-14-12-19)27-18-28-24(22)29(16-20-7-3-1-4-8-20)17-21-9-5-2-6-10-21/h1-10,18-19,25H,11-17H2,(H,26,27,28). The molecule has 0 aliphatic carbocycles. The average molecular weight is 433 g/mol. The molecule has 8 nitrogen and oxygen atoms in total. The predicted octanol–water partition coefficient (Wildman–Crippen LogP) is 4.00. The van der Waals surface area contributed by atoms with Crippen LogP contribution in [0.3, 0.4) is 0 Å². The molecule has 0 amide bonds. The van der Waals surface area contributed by atoms with Crippen LogP contribution in [-0.2, 0) is 13.1 Å². The summed E-state index contributed by atoms with van der Waals surface area (Å²) in [5, 5.41) is 18.7. The molecule has 1 aliphatic heterocycles. The summed E-state index contributed by atoms with van der Waals surface area (Å²) in [6.45, 7) is 3.62. The Morgan fingerprint density at radius 3 is 2.12 bits per heavy atom. The molecule has 4 rings (SSSR count). The van der Waals surface area contributed by atoms with Crippen molar-refractivity contribution in [3.05, 3.63) is 88.2 Å². The van der Waals surface area contributed by atoms with Crippen molar-refractivity contribution >= 4 is 17.3 Å². The lowest BCUT2D eigenvalue weighted by molar-refractivity contribution is -0.383. The van der Waals surface area contributed by atoms with E-state index in [0.29, 0.717) is 31.4 Å². The topological polar surface area (TPSA) is 96.2 Å². The Bertz CT molecular complexity index is 968. The Kier molecular flexibility index (Phi) is 7.24. The predicted molar refractivity (Wildman–Crippen MR) is 126 cm³/mol. The summed E-state index contributed by atoms with van der Waals surface area (Å²) in [5.74, 6) is 1.08. The highest BCUT2D eigenvalue weighted by Crippen LogP contribution is 2.34. The first-order valence-corrected chi connectivity index (χ1v) is 11.0. The van der Waals surface area contributed by atoms with Crippen LogP contribution in [0.1, 0.15) is 24.0 Å². The molecular formula is C24H28N6O2. The fraction of sp³-hybridized carbons (Fsp3) is 0.333. The Morgan fingerprint density at radius 2 is 1.56 bits per heavy atom. The number of hydrogen-bond donors (Lipinski definition) is 2. The molecule has 8 heteroatoms. The van der Waals surface area contributed by atoms with Gasteiger partial charge in [0, 0.05) is 19.6 Å². The van der Waals surface area contributed by atoms with Crippen LogP contribution in [0.2, 0.25) is 0 Å². The number of nitrogens with one attached hydrogen (secondary N) is 2. The summed E-state index contributed by atoms with van der Waals surface area (Å²) in [5.41, 5.74) is 2.04. The van der Waals surface area contributed by atoms with Crippen LogP contribution in [0.25, 0.3) is 0 Å². The summed E-state index contributed by atoms with van der Waals surface area (Å²) in [4.78, 5) is 22.3. The Morgan fingerprint density at radius 1 is 0.969 bits per heavy atom. The van der Waals surface area contributed by atoms with Crippen molar-refractivity contribution in [1.29, 1.82) is 0 Å². The van der Waals surface area contributed by atoms with Gasteiger partial charge in [0.05, 0.1) is 4.92 Å². The van der Waals surface area contributed by atoms with E-state index in [1.807, 2.05) is 65.6 Å². The molecular weight excluding hydrogens is 404 g/mol. The molecule has 2 N–H and O–H groups in total. The Hall–Kier alpha value is -3.52. The maximum absolute atomic E-state index is 12.2. The Balaban J connectivity index is 1.64. The molecule has 1 saturated heterocycles. The van der Waals surface area contributed by atoms with Gasteiger partial charge in [-0.25, -0.2) is 9.97 Å². The largest absolute Gasteiger partial charge is 0.364 e. The van der Waals surface area contributed by atoms with Crippen LogP contribution in [-0.4, -0.2) is 34.5 Å². The second kappa shape index (κ2) is 10.7. The second-order valence-electron chi connectivity index (χ2n) is 8.05. The number of nitrogens with zero attached hydrogens (tertiary/aromatic N) is 4. The summed E-state index contributed by atoms with van der Waals surface area (Å²) < 4.78 is 0. The van der Waals surface area contributed by atoms with Crippen molar-refractivity contribution in [3.63, 3.8) is 0 Å². The van der Waals surface area contributed by atoms with Crippen molar-refractivity contribution in [3.8, 4) is 0 Å². The van der Waals surface area contributed by atoms with Gasteiger partial charge in [0.2, 0.25) is 11.6 Å². The molecule has 166 valence electrons. The number of benzene rings is 2. The number of nitro groups is 1. The minimum Gasteiger partial charge on any atom is -0.364 e. The lowest BCUT2D eigenvalue weighted by Crippen LogP contribution is -2.31. The van der Waals surface area contributed by atoms with Crippen molar-refractivity contribution in [2.75, 3.05) is 29.9 Å². The van der Waals surface area contributed by atoms with Gasteiger partial charge in [0.15, 0.2) is 0 Å². The summed E-state index contributed by atoms with van der Waals surface area (Å²) >= 11 is 0. The van der Waals surface area contributed by atoms with E-state index in [4.69, 9.17) is 0 Å². The fourth-order valence-electron chi connectivity index (χ4n) is 4.04. The molecule has 0 unspecified atom stereocenters. The van der Waals surface area contributed by atoms with Gasteiger partial charge >= 0.3 is 5.69 Å². The second-order valence-corrected chi connectivity index (χ2v) is 8.05. The van der Waals surface area contributed by atoms with Gasteiger partial charge in [-0.15, -0.1) is 0 Å². The van der Waals surface area contributed by atoms with Gasteiger partial charge in [-0.3, -0.25) is 10.1 Å². The van der Waals surface area contributed by atoms with E-state index in [1.165, 1.54) is 6.33 Å². The first-order valence-electron chi connectivity index (χ1n) is 11.0. The van der Waals surface area contributed by atoms with Crippen molar-refractivity contribution < 1.29 is 4.92 Å². The molecule has 0 atom stereocenters. The molecule has 2 heterocycles. The van der Waals surface area contributed by atoms with Gasteiger partial charge in [-0.2, -0.15) is 0 Å². The smallest absolute Gasteiger partial charge is 0.353 e. The van der Waals surface area contributed by atoms with Crippen LogP contribution < -0.4 is 15.5 Å². The van der Waals surface area contributed by atoms with Crippen LogP contribution in [0.4, 0.5) is 17.3 Å². The van der Waals surface area contributed by atoms with E-state index in [2.05, 4.69) is 20.6 Å². The van der Waals surface area contributed by atoms with Gasteiger partial charge in [0.1, 0.15) is 6.33 Å². The number of aromatic nitrogens is 2. The number of hydrogen-bond acceptors (Lipinski definition) is 7. The monoisotopic (exact) mass is 432 g/mol. The van der Waals surface area contributed by atoms with E-state index < -0.39 is 0 Å². The molecule has 0 saturated carbocycles. The van der Waals surface area contributed by atoms with E-state index >= 15 is 0 Å². The van der Waals surface area contributed by atoms with Crippen LogP contribution in [0, 0.1) is 16.0 Å². The maximum atomic E-state index is 12.2. The molecule has 0 radical (unpaired) electrons. The normalized spacial score (nSPS) is 14.1. The SMILES string of the molecule is O=[N+]([O-])c1c(NCC2CCNCC2)ncnc1N(Cc1ccccc1)Cc1ccccc1. The zero-order chi connectivity index (χ0) is 22.2. The quantitative estimate of drug-likeness (QED) is 0.390. The first-order chi connectivity index (χ1) is 15.7. The van der Waals surface area contributed by atoms with E-state index in [9.17, 15) is 10.1 Å². The van der Waals surface area contributed by atoms with Crippen LogP contribution in [0.5, 0.6) is 0 Å². The highest BCUT2D eigenvalue weighted by Gasteiger charge is 2.28. The first kappa shape index (κ1) is 21.7. The van der Waals surface area contributed by atoms with Crippen molar-refractivity contribution in [1.82, 2.24) is 15.3 Å². The lowest BCUT2D eigenvalue weighted by atomic mass is 9.98. The fourth-order valence-corrected chi connectivity index (χ4v) is 4.04. The van der Waals surface area contributed by atoms with Gasteiger partial charge < -0.3 is 15.5 Å². The van der Waals surface area contributed by atoms with E-state index in [-0.39, 0.29) is 16.4 Å². The summed E-state index contributed by atoms with van der Waals surface area (Å²) in [7, 11) is 0. The number of anilines is 2. The number of rotatable bonds is 9. The van der Waals surface area contributed by atoms with Gasteiger partial charge in [0.25, 0.3) is 0 Å². The molecule has 3 aromatic rings. The molecule has 0 bridgehead atoms. The van der Waals surface area contributed by atoms with Crippen molar-refractivity contribution in [2.45, 2.75) is 25.9 Å². The summed E-state index contributed by atoms with van der Waals surface area (Å²) in [6.07, 6.45) is 3.51. The van der Waals surface area contributed by atoms with Crippen molar-refractivity contribution in [2.24, 2.45) is 5.92 Å². The molecule has 1 aromatic heterocycles. The maximum Gasteiger partial charge on any atom is 0.353 e. The third-order valence-corrected chi connectivity index (χ3v) is 5.73. The molecule has 0 spiro atoms. The number of piperidine rings is 1. The molecule has 32 heavy (non-hydrogen) atoms. The van der Waals surface area contributed by atoms with Gasteiger partial charge in [-0.05, 0) is 43.0 Å². The van der Waals surface area contributed by atoms with E-state index in [1.54, 1.807) is 0 Å². The third-order valence-electron chi connectivity index (χ3n) is 5.73. The van der Waals surface area contributed by atoms with E-state index in [0.717, 1.165) is 37.1 Å². The minimum absolute atomic E-state index is 0.0757. The Labute approximate surface area is 187 Å². The molecule has 1 aliphatic rings. The van der Waals surface area contributed by atoms with Crippen LogP contribution in [0.15, 0.2) is 67.0 Å². The summed E-state index contributed by atoms with van der Waals surface area (Å²) in [6, 6.07) is 19.9.